The van der Waals surface area contributed by atoms with Crippen LogP contribution in [0.4, 0.5) is 0 Å². The Bertz CT molecular complexity index is 684. The first-order chi connectivity index (χ1) is 9.10. The number of allylic oxidation sites excluding steroid dienone is 1. The molecule has 0 aliphatic heterocycles. The average molecular weight is 309 g/mol. The van der Waals surface area contributed by atoms with E-state index in [4.69, 9.17) is 34.8 Å². The summed E-state index contributed by atoms with van der Waals surface area (Å²) in [5.74, 6) is 0. The van der Waals surface area contributed by atoms with E-state index < -0.39 is 0 Å². The van der Waals surface area contributed by atoms with Crippen LogP contribution in [0.25, 0.3) is 11.6 Å². The predicted octanol–water partition coefficient (Wildman–Crippen LogP) is 5.71. The minimum absolute atomic E-state index is 0.447. The Hall–Kier alpha value is -1.46. The maximum absolute atomic E-state index is 9.26. The third-order valence-corrected chi connectivity index (χ3v) is 3.28. The number of benzene rings is 2. The second kappa shape index (κ2) is 6.12. The van der Waals surface area contributed by atoms with Gasteiger partial charge in [0.25, 0.3) is 0 Å². The average Bonchev–Trinajstić information content (AvgIpc) is 2.37. The van der Waals surface area contributed by atoms with Crippen LogP contribution in [0.3, 0.4) is 0 Å². The molecule has 2 aromatic rings. The standard InChI is InChI=1S/C15H8Cl3N/c16-12-3-1-2-10(7-12)6-11(9-19)14-5-4-13(17)8-15(14)18/h1-8H. The summed E-state index contributed by atoms with van der Waals surface area (Å²) in [6, 6.07) is 14.4. The van der Waals surface area contributed by atoms with Crippen LogP contribution in [0.1, 0.15) is 11.1 Å². The van der Waals surface area contributed by atoms with Gasteiger partial charge in [-0.05, 0) is 35.9 Å². The van der Waals surface area contributed by atoms with Crippen molar-refractivity contribution in [2.75, 3.05) is 0 Å². The van der Waals surface area contributed by atoms with Gasteiger partial charge in [-0.2, -0.15) is 5.26 Å². The van der Waals surface area contributed by atoms with E-state index in [1.165, 1.54) is 0 Å². The second-order valence-corrected chi connectivity index (χ2v) is 5.13. The van der Waals surface area contributed by atoms with Crippen LogP contribution in [0, 0.1) is 11.3 Å². The van der Waals surface area contributed by atoms with Crippen LogP contribution >= 0.6 is 34.8 Å². The zero-order valence-electron chi connectivity index (χ0n) is 9.70. The molecule has 0 aliphatic rings. The van der Waals surface area contributed by atoms with Crippen LogP contribution in [0.15, 0.2) is 42.5 Å². The highest BCUT2D eigenvalue weighted by molar-refractivity contribution is 6.36. The highest BCUT2D eigenvalue weighted by Crippen LogP contribution is 2.28. The van der Waals surface area contributed by atoms with Crippen molar-refractivity contribution < 1.29 is 0 Å². The van der Waals surface area contributed by atoms with Gasteiger partial charge in [-0.3, -0.25) is 0 Å². The molecule has 0 aliphatic carbocycles. The Balaban J connectivity index is 2.48. The van der Waals surface area contributed by atoms with Gasteiger partial charge in [0, 0.05) is 15.6 Å². The van der Waals surface area contributed by atoms with Gasteiger partial charge in [0.2, 0.25) is 0 Å². The molecule has 0 bridgehead atoms. The molecule has 0 fully saturated rings. The Kier molecular flexibility index (Phi) is 4.50. The third kappa shape index (κ3) is 3.52. The quantitative estimate of drug-likeness (QED) is 0.515. The van der Waals surface area contributed by atoms with Crippen LogP contribution < -0.4 is 0 Å². The van der Waals surface area contributed by atoms with Gasteiger partial charge in [-0.1, -0.05) is 53.0 Å². The number of rotatable bonds is 2. The molecular weight excluding hydrogens is 301 g/mol. The molecule has 4 heteroatoms. The van der Waals surface area contributed by atoms with E-state index >= 15 is 0 Å². The number of hydrogen-bond acceptors (Lipinski definition) is 1. The lowest BCUT2D eigenvalue weighted by molar-refractivity contribution is 1.52. The van der Waals surface area contributed by atoms with Crippen molar-refractivity contribution in [3.8, 4) is 6.07 Å². The molecule has 2 aromatic carbocycles. The molecule has 0 amide bonds. The lowest BCUT2D eigenvalue weighted by Crippen LogP contribution is -1.84. The molecule has 0 saturated heterocycles. The molecular formula is C15H8Cl3N. The lowest BCUT2D eigenvalue weighted by atomic mass is 10.0. The fourth-order valence-electron chi connectivity index (χ4n) is 1.64. The van der Waals surface area contributed by atoms with E-state index in [0.717, 1.165) is 5.56 Å². The third-order valence-electron chi connectivity index (χ3n) is 2.50. The van der Waals surface area contributed by atoms with Crippen LogP contribution in [0.5, 0.6) is 0 Å². The summed E-state index contributed by atoms with van der Waals surface area (Å²) in [7, 11) is 0. The second-order valence-electron chi connectivity index (χ2n) is 3.85. The molecule has 1 nitrogen and oxygen atoms in total. The van der Waals surface area contributed by atoms with Crippen LogP contribution in [-0.4, -0.2) is 0 Å². The van der Waals surface area contributed by atoms with Crippen molar-refractivity contribution in [2.24, 2.45) is 0 Å². The summed E-state index contributed by atoms with van der Waals surface area (Å²) < 4.78 is 0. The fourth-order valence-corrected chi connectivity index (χ4v) is 2.35. The minimum atomic E-state index is 0.447. The van der Waals surface area contributed by atoms with E-state index in [9.17, 15) is 5.26 Å². The molecule has 0 radical (unpaired) electrons. The van der Waals surface area contributed by atoms with Gasteiger partial charge >= 0.3 is 0 Å². The molecule has 0 aromatic heterocycles. The van der Waals surface area contributed by atoms with Gasteiger partial charge < -0.3 is 0 Å². The van der Waals surface area contributed by atoms with Crippen molar-refractivity contribution in [1.29, 1.82) is 5.26 Å². The molecule has 0 heterocycles. The van der Waals surface area contributed by atoms with E-state index in [1.54, 1.807) is 36.4 Å². The summed E-state index contributed by atoms with van der Waals surface area (Å²) in [4.78, 5) is 0. The Labute approximate surface area is 126 Å². The van der Waals surface area contributed by atoms with Crippen molar-refractivity contribution in [1.82, 2.24) is 0 Å². The first kappa shape index (κ1) is 14.0. The van der Waals surface area contributed by atoms with Crippen LogP contribution in [0.2, 0.25) is 15.1 Å². The maximum atomic E-state index is 9.26. The monoisotopic (exact) mass is 307 g/mol. The molecule has 0 atom stereocenters. The summed E-state index contributed by atoms with van der Waals surface area (Å²) in [6.45, 7) is 0. The van der Waals surface area contributed by atoms with Gasteiger partial charge in [-0.25, -0.2) is 0 Å². The first-order valence-corrected chi connectivity index (χ1v) is 6.56. The predicted molar refractivity (Wildman–Crippen MR) is 81.4 cm³/mol. The summed E-state index contributed by atoms with van der Waals surface area (Å²) in [5.41, 5.74) is 1.95. The van der Waals surface area contributed by atoms with Gasteiger partial charge in [-0.15, -0.1) is 0 Å². The van der Waals surface area contributed by atoms with Gasteiger partial charge in [0.15, 0.2) is 0 Å². The molecule has 94 valence electrons. The van der Waals surface area contributed by atoms with Crippen molar-refractivity contribution >= 4 is 46.5 Å². The van der Waals surface area contributed by atoms with E-state index in [1.807, 2.05) is 12.1 Å². The normalized spacial score (nSPS) is 11.2. The molecule has 0 saturated carbocycles. The maximum Gasteiger partial charge on any atom is 0.0998 e. The summed E-state index contributed by atoms with van der Waals surface area (Å²) >= 11 is 17.9. The summed E-state index contributed by atoms with van der Waals surface area (Å²) in [6.07, 6.45) is 1.74. The van der Waals surface area contributed by atoms with E-state index in [0.29, 0.717) is 26.2 Å². The first-order valence-electron chi connectivity index (χ1n) is 5.43. The largest absolute Gasteiger partial charge is 0.192 e. The van der Waals surface area contributed by atoms with Crippen LogP contribution in [-0.2, 0) is 0 Å². The Morgan fingerprint density at radius 2 is 1.74 bits per heavy atom. The number of hydrogen-bond donors (Lipinski definition) is 0. The van der Waals surface area contributed by atoms with Gasteiger partial charge in [0.05, 0.1) is 16.7 Å². The molecule has 2 rings (SSSR count). The molecule has 19 heavy (non-hydrogen) atoms. The fraction of sp³-hybridized carbons (Fsp3) is 0. The van der Waals surface area contributed by atoms with E-state index in [2.05, 4.69) is 6.07 Å². The summed E-state index contributed by atoms with van der Waals surface area (Å²) in [5, 5.41) is 10.9. The number of nitrogens with zero attached hydrogens (tertiary/aromatic N) is 1. The molecule has 0 unspecified atom stereocenters. The topological polar surface area (TPSA) is 23.8 Å². The molecule has 0 spiro atoms. The van der Waals surface area contributed by atoms with Crippen molar-refractivity contribution in [3.05, 3.63) is 68.7 Å². The zero-order valence-corrected chi connectivity index (χ0v) is 12.0. The SMILES string of the molecule is N#CC(=Cc1cccc(Cl)c1)c1ccc(Cl)cc1Cl. The Morgan fingerprint density at radius 1 is 1.00 bits per heavy atom. The smallest absolute Gasteiger partial charge is 0.0998 e. The number of nitriles is 1. The van der Waals surface area contributed by atoms with Gasteiger partial charge in [0.1, 0.15) is 0 Å². The highest BCUT2D eigenvalue weighted by atomic mass is 35.5. The zero-order chi connectivity index (χ0) is 13.8. The van der Waals surface area contributed by atoms with Crippen molar-refractivity contribution in [3.63, 3.8) is 0 Å². The highest BCUT2D eigenvalue weighted by Gasteiger charge is 2.07. The minimum Gasteiger partial charge on any atom is -0.192 e. The number of halogens is 3. The lowest BCUT2D eigenvalue weighted by Gasteiger charge is -2.03. The Morgan fingerprint density at radius 3 is 2.37 bits per heavy atom. The molecule has 0 N–H and O–H groups in total. The van der Waals surface area contributed by atoms with Crippen molar-refractivity contribution in [2.45, 2.75) is 0 Å². The van der Waals surface area contributed by atoms with E-state index in [-0.39, 0.29) is 0 Å².